The molecule has 1 aromatic carbocycles. The number of aromatic nitrogens is 2. The molecule has 156 valence electrons. The van der Waals surface area contributed by atoms with Gasteiger partial charge >= 0.3 is 0 Å². The van der Waals surface area contributed by atoms with E-state index in [1.54, 1.807) is 13.3 Å². The van der Waals surface area contributed by atoms with Crippen LogP contribution in [0.15, 0.2) is 48.7 Å². The maximum atomic E-state index is 13.6. The van der Waals surface area contributed by atoms with Crippen molar-refractivity contribution in [1.82, 2.24) is 14.9 Å². The summed E-state index contributed by atoms with van der Waals surface area (Å²) in [5.41, 5.74) is 2.47. The number of para-hydroxylation sites is 1. The Labute approximate surface area is 180 Å². The van der Waals surface area contributed by atoms with E-state index < -0.39 is 0 Å². The van der Waals surface area contributed by atoms with Crippen LogP contribution in [0.2, 0.25) is 0 Å². The van der Waals surface area contributed by atoms with Gasteiger partial charge in [0.05, 0.1) is 24.6 Å². The third-order valence-corrected chi connectivity index (χ3v) is 6.33. The number of aryl methyl sites for hydroxylation is 1. The Hall–Kier alpha value is -2.77. The first-order chi connectivity index (χ1) is 14.7. The van der Waals surface area contributed by atoms with Gasteiger partial charge in [-0.1, -0.05) is 24.3 Å². The smallest absolute Gasteiger partial charge is 0.266 e. The van der Waals surface area contributed by atoms with Gasteiger partial charge in [-0.2, -0.15) is 0 Å². The van der Waals surface area contributed by atoms with E-state index in [1.165, 1.54) is 11.3 Å². The van der Waals surface area contributed by atoms with Gasteiger partial charge in [0.2, 0.25) is 0 Å². The lowest BCUT2D eigenvalue weighted by atomic mass is 10.1. The second-order valence-corrected chi connectivity index (χ2v) is 8.28. The summed E-state index contributed by atoms with van der Waals surface area (Å²) < 4.78 is 11.3. The normalized spacial score (nSPS) is 15.9. The van der Waals surface area contributed by atoms with Crippen LogP contribution in [0.3, 0.4) is 0 Å². The van der Waals surface area contributed by atoms with E-state index in [-0.39, 0.29) is 12.0 Å². The van der Waals surface area contributed by atoms with E-state index in [0.717, 1.165) is 47.2 Å². The topological polar surface area (TPSA) is 64.6 Å². The van der Waals surface area contributed by atoms with Gasteiger partial charge < -0.3 is 14.4 Å². The van der Waals surface area contributed by atoms with Crippen molar-refractivity contribution in [1.29, 1.82) is 0 Å². The van der Waals surface area contributed by atoms with Crippen molar-refractivity contribution in [3.8, 4) is 16.5 Å². The Morgan fingerprint density at radius 1 is 1.27 bits per heavy atom. The van der Waals surface area contributed by atoms with E-state index in [1.807, 2.05) is 54.3 Å². The summed E-state index contributed by atoms with van der Waals surface area (Å²) >= 11 is 1.39. The van der Waals surface area contributed by atoms with Gasteiger partial charge in [0, 0.05) is 31.5 Å². The van der Waals surface area contributed by atoms with Crippen molar-refractivity contribution in [3.63, 3.8) is 0 Å². The third kappa shape index (κ3) is 4.52. The van der Waals surface area contributed by atoms with E-state index in [4.69, 9.17) is 9.47 Å². The fourth-order valence-corrected chi connectivity index (χ4v) is 4.64. The number of carbonyl (C=O) groups excluding carboxylic acids is 1. The molecule has 6 nitrogen and oxygen atoms in total. The molecule has 2 aromatic heterocycles. The van der Waals surface area contributed by atoms with Crippen molar-refractivity contribution in [2.75, 3.05) is 20.3 Å². The summed E-state index contributed by atoms with van der Waals surface area (Å²) in [5, 5.41) is 0.755. The Morgan fingerprint density at radius 3 is 2.83 bits per heavy atom. The second kappa shape index (κ2) is 9.36. The van der Waals surface area contributed by atoms with Crippen LogP contribution in [-0.2, 0) is 11.3 Å². The number of amides is 1. The lowest BCUT2D eigenvalue weighted by Gasteiger charge is -2.26. The summed E-state index contributed by atoms with van der Waals surface area (Å²) in [4.78, 5) is 25.1. The number of methoxy groups -OCH3 is 1. The number of hydrogen-bond donors (Lipinski definition) is 0. The highest BCUT2D eigenvalue weighted by Crippen LogP contribution is 2.29. The van der Waals surface area contributed by atoms with Crippen molar-refractivity contribution in [3.05, 3.63) is 64.8 Å². The minimum Gasteiger partial charge on any atom is -0.496 e. The molecular formula is C23H25N3O3S. The zero-order valence-electron chi connectivity index (χ0n) is 17.2. The number of pyridine rings is 1. The van der Waals surface area contributed by atoms with Crippen LogP contribution < -0.4 is 4.74 Å². The molecule has 1 saturated heterocycles. The molecule has 0 saturated carbocycles. The molecule has 0 spiro atoms. The molecule has 0 bridgehead atoms. The van der Waals surface area contributed by atoms with Crippen LogP contribution in [-0.4, -0.2) is 47.1 Å². The molecule has 30 heavy (non-hydrogen) atoms. The number of carbonyl (C=O) groups is 1. The molecule has 3 heterocycles. The Kier molecular flexibility index (Phi) is 6.40. The summed E-state index contributed by atoms with van der Waals surface area (Å²) in [6.45, 7) is 3.64. The predicted octanol–water partition coefficient (Wildman–Crippen LogP) is 4.34. The van der Waals surface area contributed by atoms with Gasteiger partial charge in [-0.3, -0.25) is 9.78 Å². The average molecular weight is 424 g/mol. The van der Waals surface area contributed by atoms with Crippen molar-refractivity contribution >= 4 is 17.2 Å². The van der Waals surface area contributed by atoms with E-state index in [9.17, 15) is 4.79 Å². The Balaban J connectivity index is 1.63. The second-order valence-electron chi connectivity index (χ2n) is 7.28. The first kappa shape index (κ1) is 20.5. The average Bonchev–Trinajstić information content (AvgIpc) is 3.43. The standard InChI is InChI=1S/C23H25N3O3S/c1-16-21(30-22(25-16)19-10-5-6-12-24-19)23(27)26(15-18-9-7-13-29-18)14-17-8-3-4-11-20(17)28-2/h3-6,8,10-12,18H,7,9,13-15H2,1-2H3. The summed E-state index contributed by atoms with van der Waals surface area (Å²) in [5.74, 6) is 0.742. The van der Waals surface area contributed by atoms with Crippen LogP contribution >= 0.6 is 11.3 Å². The molecule has 1 unspecified atom stereocenters. The lowest BCUT2D eigenvalue weighted by molar-refractivity contribution is 0.0508. The minimum absolute atomic E-state index is 0.0337. The fraction of sp³-hybridized carbons (Fsp3) is 0.348. The first-order valence-electron chi connectivity index (χ1n) is 10.1. The van der Waals surface area contributed by atoms with Gasteiger partial charge in [0.1, 0.15) is 15.6 Å². The molecule has 7 heteroatoms. The predicted molar refractivity (Wildman–Crippen MR) is 117 cm³/mol. The van der Waals surface area contributed by atoms with Crippen LogP contribution in [0.25, 0.3) is 10.7 Å². The summed E-state index contributed by atoms with van der Waals surface area (Å²) in [6.07, 6.45) is 3.80. The van der Waals surface area contributed by atoms with E-state index in [0.29, 0.717) is 18.0 Å². The molecule has 1 atom stereocenters. The Bertz CT molecular complexity index is 1000. The number of ether oxygens (including phenoxy) is 2. The van der Waals surface area contributed by atoms with Crippen molar-refractivity contribution in [2.24, 2.45) is 0 Å². The monoisotopic (exact) mass is 423 g/mol. The maximum Gasteiger partial charge on any atom is 0.266 e. The van der Waals surface area contributed by atoms with Crippen LogP contribution in [0.5, 0.6) is 5.75 Å². The molecule has 0 radical (unpaired) electrons. The molecule has 1 amide bonds. The van der Waals surface area contributed by atoms with E-state index >= 15 is 0 Å². The third-order valence-electron chi connectivity index (χ3n) is 5.16. The van der Waals surface area contributed by atoms with Crippen molar-refractivity contribution in [2.45, 2.75) is 32.4 Å². The molecule has 1 aliphatic heterocycles. The summed E-state index contributed by atoms with van der Waals surface area (Å²) in [7, 11) is 1.65. The SMILES string of the molecule is COc1ccccc1CN(CC1CCCO1)C(=O)c1sc(-c2ccccn2)nc1C. The number of thiazole rings is 1. The number of benzene rings is 1. The van der Waals surface area contributed by atoms with Gasteiger partial charge in [0.25, 0.3) is 5.91 Å². The van der Waals surface area contributed by atoms with Crippen LogP contribution in [0.4, 0.5) is 0 Å². The highest BCUT2D eigenvalue weighted by molar-refractivity contribution is 7.17. The quantitative estimate of drug-likeness (QED) is 0.566. The van der Waals surface area contributed by atoms with Gasteiger partial charge in [-0.15, -0.1) is 11.3 Å². The van der Waals surface area contributed by atoms with Gasteiger partial charge in [0.15, 0.2) is 0 Å². The van der Waals surface area contributed by atoms with E-state index in [2.05, 4.69) is 9.97 Å². The lowest BCUT2D eigenvalue weighted by Crippen LogP contribution is -2.37. The molecule has 1 fully saturated rings. The van der Waals surface area contributed by atoms with Gasteiger partial charge in [-0.05, 0) is 38.0 Å². The number of rotatable bonds is 7. The molecular weight excluding hydrogens is 398 g/mol. The molecule has 1 aliphatic rings. The van der Waals surface area contributed by atoms with Crippen LogP contribution in [0, 0.1) is 6.92 Å². The zero-order chi connectivity index (χ0) is 20.9. The van der Waals surface area contributed by atoms with Crippen LogP contribution in [0.1, 0.15) is 33.8 Å². The zero-order valence-corrected chi connectivity index (χ0v) is 18.0. The highest BCUT2D eigenvalue weighted by atomic mass is 32.1. The number of nitrogens with zero attached hydrogens (tertiary/aromatic N) is 3. The van der Waals surface area contributed by atoms with Gasteiger partial charge in [-0.25, -0.2) is 4.98 Å². The van der Waals surface area contributed by atoms with Crippen molar-refractivity contribution < 1.29 is 14.3 Å². The molecule has 4 rings (SSSR count). The molecule has 3 aromatic rings. The molecule has 0 aliphatic carbocycles. The minimum atomic E-state index is -0.0337. The Morgan fingerprint density at radius 2 is 2.10 bits per heavy atom. The summed E-state index contributed by atoms with van der Waals surface area (Å²) in [6, 6.07) is 13.5. The largest absolute Gasteiger partial charge is 0.496 e. The first-order valence-corrected chi connectivity index (χ1v) is 10.9. The molecule has 0 N–H and O–H groups in total. The highest BCUT2D eigenvalue weighted by Gasteiger charge is 2.27. The fourth-order valence-electron chi connectivity index (χ4n) is 3.63. The maximum absolute atomic E-state index is 13.6. The number of hydrogen-bond acceptors (Lipinski definition) is 6.